The highest BCUT2D eigenvalue weighted by atomic mass is 14.2. The molecule has 0 aliphatic heterocycles. The Morgan fingerprint density at radius 2 is 1.67 bits per heavy atom. The maximum Gasteiger partial charge on any atom is -0.0354 e. The second kappa shape index (κ2) is 3.24. The van der Waals surface area contributed by atoms with Crippen LogP contribution in [-0.4, -0.2) is 0 Å². The van der Waals surface area contributed by atoms with Crippen molar-refractivity contribution in [3.8, 4) is 0 Å². The third-order valence-corrected chi connectivity index (χ3v) is 1.92. The Morgan fingerprint density at radius 3 is 1.78 bits per heavy atom. The van der Waals surface area contributed by atoms with Gasteiger partial charge in [-0.1, -0.05) is 41.0 Å². The van der Waals surface area contributed by atoms with Crippen LogP contribution in [0.5, 0.6) is 0 Å². The molecule has 0 nitrogen and oxygen atoms in total. The first kappa shape index (κ1) is 9.00. The molecule has 0 aliphatic rings. The van der Waals surface area contributed by atoms with E-state index in [9.17, 15) is 0 Å². The van der Waals surface area contributed by atoms with E-state index in [1.807, 2.05) is 0 Å². The fraction of sp³-hybridized carbons (Fsp3) is 1.00. The van der Waals surface area contributed by atoms with Gasteiger partial charge in [-0.25, -0.2) is 0 Å². The van der Waals surface area contributed by atoms with E-state index in [1.165, 1.54) is 12.8 Å². The fourth-order valence-electron chi connectivity index (χ4n) is 1.25. The van der Waals surface area contributed by atoms with Gasteiger partial charge in [0.25, 0.3) is 0 Å². The minimum absolute atomic E-state index is 0.564. The van der Waals surface area contributed by atoms with Gasteiger partial charge in [-0.05, 0) is 17.8 Å². The summed E-state index contributed by atoms with van der Waals surface area (Å²) in [7, 11) is 0. The number of rotatable bonds is 3. The topological polar surface area (TPSA) is 0 Å². The van der Waals surface area contributed by atoms with Gasteiger partial charge in [0.2, 0.25) is 0 Å². The van der Waals surface area contributed by atoms with E-state index in [0.29, 0.717) is 5.41 Å². The minimum Gasteiger partial charge on any atom is -0.0649 e. The zero-order chi connectivity index (χ0) is 7.49. The average Bonchev–Trinajstić information content (AvgIpc) is 1.63. The Balaban J connectivity index is 3.58. The van der Waals surface area contributed by atoms with E-state index in [4.69, 9.17) is 0 Å². The number of hydrogen-bond acceptors (Lipinski definition) is 0. The van der Waals surface area contributed by atoms with E-state index in [-0.39, 0.29) is 0 Å². The molecule has 0 atom stereocenters. The summed E-state index contributed by atoms with van der Waals surface area (Å²) < 4.78 is 0. The summed E-state index contributed by atoms with van der Waals surface area (Å²) in [5.41, 5.74) is 0.564. The van der Waals surface area contributed by atoms with Gasteiger partial charge in [0.1, 0.15) is 0 Å². The molecule has 0 amide bonds. The molecule has 0 aliphatic carbocycles. The first-order valence-electron chi connectivity index (χ1n) is 3.98. The van der Waals surface area contributed by atoms with Crippen LogP contribution in [0.4, 0.5) is 0 Å². The molecular formula is C9H20. The Morgan fingerprint density at radius 1 is 1.22 bits per heavy atom. The SMILES string of the molecule is CCC(C)(C)CC(C)C. The minimum atomic E-state index is 0.564. The Hall–Kier alpha value is 0. The summed E-state index contributed by atoms with van der Waals surface area (Å²) in [6, 6.07) is 0. The van der Waals surface area contributed by atoms with Crippen LogP contribution in [-0.2, 0) is 0 Å². The lowest BCUT2D eigenvalue weighted by Gasteiger charge is -2.24. The standard InChI is InChI=1S/C9H20/c1-6-9(4,5)7-8(2)3/h8H,6-7H2,1-5H3. The van der Waals surface area contributed by atoms with Crippen molar-refractivity contribution >= 4 is 0 Å². The smallest absolute Gasteiger partial charge is 0.0354 e. The summed E-state index contributed by atoms with van der Waals surface area (Å²) in [5.74, 6) is 0.847. The van der Waals surface area contributed by atoms with Gasteiger partial charge in [-0.15, -0.1) is 0 Å². The predicted octanol–water partition coefficient (Wildman–Crippen LogP) is 3.47. The fourth-order valence-corrected chi connectivity index (χ4v) is 1.25. The van der Waals surface area contributed by atoms with Gasteiger partial charge in [0, 0.05) is 0 Å². The zero-order valence-electron chi connectivity index (χ0n) is 7.49. The van der Waals surface area contributed by atoms with Crippen molar-refractivity contribution in [3.05, 3.63) is 0 Å². The summed E-state index contributed by atoms with van der Waals surface area (Å²) in [4.78, 5) is 0. The maximum absolute atomic E-state index is 2.34. The second-order valence-electron chi connectivity index (χ2n) is 4.12. The first-order chi connectivity index (χ1) is 3.98. The predicted molar refractivity (Wildman–Crippen MR) is 43.5 cm³/mol. The first-order valence-corrected chi connectivity index (χ1v) is 3.98. The lowest BCUT2D eigenvalue weighted by Crippen LogP contribution is -2.12. The van der Waals surface area contributed by atoms with Gasteiger partial charge in [0.05, 0.1) is 0 Å². The van der Waals surface area contributed by atoms with Crippen LogP contribution in [0, 0.1) is 11.3 Å². The molecule has 0 aromatic heterocycles. The molecule has 0 spiro atoms. The van der Waals surface area contributed by atoms with Crippen LogP contribution in [0.15, 0.2) is 0 Å². The molecule has 56 valence electrons. The molecule has 0 fully saturated rings. The summed E-state index contributed by atoms with van der Waals surface area (Å²) in [5, 5.41) is 0. The van der Waals surface area contributed by atoms with E-state index < -0.39 is 0 Å². The second-order valence-corrected chi connectivity index (χ2v) is 4.12. The van der Waals surface area contributed by atoms with Crippen molar-refractivity contribution in [3.63, 3.8) is 0 Å². The average molecular weight is 128 g/mol. The van der Waals surface area contributed by atoms with Gasteiger partial charge in [-0.3, -0.25) is 0 Å². The molecule has 0 saturated carbocycles. The van der Waals surface area contributed by atoms with Crippen molar-refractivity contribution in [2.75, 3.05) is 0 Å². The largest absolute Gasteiger partial charge is 0.0649 e. The third-order valence-electron chi connectivity index (χ3n) is 1.92. The Bertz CT molecular complexity index is 70.1. The van der Waals surface area contributed by atoms with Crippen LogP contribution in [0.1, 0.15) is 47.5 Å². The van der Waals surface area contributed by atoms with E-state index in [1.54, 1.807) is 0 Å². The Kier molecular flexibility index (Phi) is 3.24. The molecule has 0 rings (SSSR count). The van der Waals surface area contributed by atoms with Crippen LogP contribution in [0.3, 0.4) is 0 Å². The van der Waals surface area contributed by atoms with Crippen LogP contribution in [0.25, 0.3) is 0 Å². The van der Waals surface area contributed by atoms with Crippen LogP contribution < -0.4 is 0 Å². The van der Waals surface area contributed by atoms with Crippen molar-refractivity contribution in [1.82, 2.24) is 0 Å². The van der Waals surface area contributed by atoms with E-state index in [2.05, 4.69) is 34.6 Å². The lowest BCUT2D eigenvalue weighted by molar-refractivity contribution is 0.277. The van der Waals surface area contributed by atoms with Crippen molar-refractivity contribution in [2.45, 2.75) is 47.5 Å². The van der Waals surface area contributed by atoms with Gasteiger partial charge >= 0.3 is 0 Å². The van der Waals surface area contributed by atoms with Gasteiger partial charge < -0.3 is 0 Å². The van der Waals surface area contributed by atoms with E-state index >= 15 is 0 Å². The monoisotopic (exact) mass is 128 g/mol. The molecule has 0 aromatic carbocycles. The highest BCUT2D eigenvalue weighted by Crippen LogP contribution is 2.28. The van der Waals surface area contributed by atoms with Crippen LogP contribution in [0.2, 0.25) is 0 Å². The van der Waals surface area contributed by atoms with Crippen LogP contribution >= 0.6 is 0 Å². The molecule has 9 heavy (non-hydrogen) atoms. The molecule has 0 saturated heterocycles. The summed E-state index contributed by atoms with van der Waals surface area (Å²) >= 11 is 0. The molecule has 0 heteroatoms. The maximum atomic E-state index is 2.34. The number of hydrogen-bond donors (Lipinski definition) is 0. The third kappa shape index (κ3) is 4.50. The quantitative estimate of drug-likeness (QED) is 0.546. The molecule has 0 N–H and O–H groups in total. The highest BCUT2D eigenvalue weighted by Gasteiger charge is 2.15. The van der Waals surface area contributed by atoms with Gasteiger partial charge in [0.15, 0.2) is 0 Å². The molecular weight excluding hydrogens is 108 g/mol. The highest BCUT2D eigenvalue weighted by molar-refractivity contribution is 4.67. The molecule has 0 bridgehead atoms. The molecule has 0 radical (unpaired) electrons. The van der Waals surface area contributed by atoms with Crippen molar-refractivity contribution < 1.29 is 0 Å². The van der Waals surface area contributed by atoms with Crippen molar-refractivity contribution in [1.29, 1.82) is 0 Å². The zero-order valence-corrected chi connectivity index (χ0v) is 7.49. The Labute approximate surface area is 59.7 Å². The lowest BCUT2D eigenvalue weighted by atomic mass is 9.82. The van der Waals surface area contributed by atoms with Gasteiger partial charge in [-0.2, -0.15) is 0 Å². The van der Waals surface area contributed by atoms with E-state index in [0.717, 1.165) is 5.92 Å². The summed E-state index contributed by atoms with van der Waals surface area (Å²) in [6.07, 6.45) is 2.65. The summed E-state index contributed by atoms with van der Waals surface area (Å²) in [6.45, 7) is 11.5. The van der Waals surface area contributed by atoms with Crippen molar-refractivity contribution in [2.24, 2.45) is 11.3 Å². The normalized spacial score (nSPS) is 12.7. The molecule has 0 heterocycles. The molecule has 0 unspecified atom stereocenters. The molecule has 0 aromatic rings.